The van der Waals surface area contributed by atoms with E-state index in [2.05, 4.69) is 38.2 Å². The molecule has 1 heterocycles. The Kier molecular flexibility index (Phi) is 5.69. The molecule has 0 fully saturated rings. The van der Waals surface area contributed by atoms with Crippen LogP contribution in [0.4, 0.5) is 5.69 Å². The highest BCUT2D eigenvalue weighted by Crippen LogP contribution is 2.36. The number of carbonyl (C=O) groups excluding carboxylic acids is 1. The van der Waals surface area contributed by atoms with Crippen molar-refractivity contribution < 1.29 is 14.3 Å². The highest BCUT2D eigenvalue weighted by molar-refractivity contribution is 14.1. The molecule has 4 aromatic rings. The van der Waals surface area contributed by atoms with Crippen molar-refractivity contribution in [2.24, 2.45) is 0 Å². The average molecular weight is 529 g/mol. The van der Waals surface area contributed by atoms with Crippen molar-refractivity contribution in [3.05, 3.63) is 75.4 Å². The number of thiocarbonyl (C=S) groups is 1. The molecule has 4 rings (SSSR count). The van der Waals surface area contributed by atoms with E-state index < -0.39 is 0 Å². The second-order valence-corrected chi connectivity index (χ2v) is 8.13. The Morgan fingerprint density at radius 2 is 1.87 bits per heavy atom. The van der Waals surface area contributed by atoms with Gasteiger partial charge in [0.2, 0.25) is 5.89 Å². The van der Waals surface area contributed by atoms with Crippen LogP contribution in [0.1, 0.15) is 15.9 Å². The second kappa shape index (κ2) is 8.41. The minimum absolute atomic E-state index is 0.0703. The molecule has 0 radical (unpaired) electrons. The minimum atomic E-state index is -0.299. The molecule has 30 heavy (non-hydrogen) atoms. The van der Waals surface area contributed by atoms with Gasteiger partial charge in [0, 0.05) is 9.26 Å². The van der Waals surface area contributed by atoms with Crippen LogP contribution in [-0.4, -0.2) is 21.1 Å². The van der Waals surface area contributed by atoms with E-state index in [-0.39, 0.29) is 16.8 Å². The van der Waals surface area contributed by atoms with Crippen LogP contribution in [0.5, 0.6) is 5.75 Å². The maximum absolute atomic E-state index is 12.5. The molecule has 0 saturated carbocycles. The minimum Gasteiger partial charge on any atom is -0.507 e. The van der Waals surface area contributed by atoms with E-state index in [9.17, 15) is 9.90 Å². The summed E-state index contributed by atoms with van der Waals surface area (Å²) in [6.45, 7) is 1.76. The smallest absolute Gasteiger partial charge is 0.258 e. The number of carbonyl (C=O) groups is 1. The fourth-order valence-corrected chi connectivity index (χ4v) is 3.82. The molecule has 3 N–H and O–H groups in total. The maximum Gasteiger partial charge on any atom is 0.258 e. The predicted molar refractivity (Wildman–Crippen MR) is 129 cm³/mol. The molecule has 150 valence electrons. The number of rotatable bonds is 3. The summed E-state index contributed by atoms with van der Waals surface area (Å²) < 4.78 is 6.61. The van der Waals surface area contributed by atoms with E-state index in [1.54, 1.807) is 31.2 Å². The molecular formula is C22H16IN3O3S. The van der Waals surface area contributed by atoms with E-state index in [0.717, 1.165) is 3.57 Å². The van der Waals surface area contributed by atoms with E-state index in [4.69, 9.17) is 16.6 Å². The standard InChI is InChI=1S/C22H16IN3O3S/c1-12-10-13(24-22(30)26-20(28)14-6-2-3-7-16(14)23)11-15(19(12)27)21-25-17-8-4-5-9-18(17)29-21/h2-11,27H,1H3,(H2,24,26,28,30). The fourth-order valence-electron chi connectivity index (χ4n) is 2.98. The third-order valence-electron chi connectivity index (χ3n) is 4.43. The summed E-state index contributed by atoms with van der Waals surface area (Å²) >= 11 is 7.40. The quantitative estimate of drug-likeness (QED) is 0.191. The molecule has 0 unspecified atom stereocenters. The molecule has 6 nitrogen and oxygen atoms in total. The number of benzene rings is 3. The number of oxazole rings is 1. The molecule has 1 aromatic heterocycles. The predicted octanol–water partition coefficient (Wildman–Crippen LogP) is 5.24. The normalized spacial score (nSPS) is 10.7. The number of hydrogen-bond donors (Lipinski definition) is 3. The lowest BCUT2D eigenvalue weighted by molar-refractivity contribution is 0.0977. The van der Waals surface area contributed by atoms with Crippen LogP contribution in [-0.2, 0) is 0 Å². The van der Waals surface area contributed by atoms with Crippen molar-refractivity contribution in [1.29, 1.82) is 0 Å². The molecule has 8 heteroatoms. The Balaban J connectivity index is 1.58. The van der Waals surface area contributed by atoms with Gasteiger partial charge in [-0.25, -0.2) is 4.98 Å². The summed E-state index contributed by atoms with van der Waals surface area (Å²) in [4.78, 5) is 16.9. The molecule has 0 aliphatic carbocycles. The number of fused-ring (bicyclic) bond motifs is 1. The number of aromatic hydroxyl groups is 1. The first-order valence-electron chi connectivity index (χ1n) is 8.99. The highest BCUT2D eigenvalue weighted by Gasteiger charge is 2.17. The third kappa shape index (κ3) is 4.14. The number of hydrogen-bond acceptors (Lipinski definition) is 5. The van der Waals surface area contributed by atoms with Crippen LogP contribution >= 0.6 is 34.8 Å². The lowest BCUT2D eigenvalue weighted by Gasteiger charge is -2.13. The number of halogens is 1. The largest absolute Gasteiger partial charge is 0.507 e. The number of aryl methyl sites for hydroxylation is 1. The fraction of sp³-hybridized carbons (Fsp3) is 0.0455. The van der Waals surface area contributed by atoms with Gasteiger partial charge in [-0.05, 0) is 83.7 Å². The van der Waals surface area contributed by atoms with Crippen LogP contribution in [0.15, 0.2) is 65.1 Å². The molecule has 0 spiro atoms. The van der Waals surface area contributed by atoms with Crippen LogP contribution in [0.3, 0.4) is 0 Å². The SMILES string of the molecule is Cc1cc(NC(=S)NC(=O)c2ccccc2I)cc(-c2nc3ccccc3o2)c1O. The monoisotopic (exact) mass is 529 g/mol. The van der Waals surface area contributed by atoms with E-state index in [1.807, 2.05) is 36.4 Å². The Hall–Kier alpha value is -2.98. The van der Waals surface area contributed by atoms with E-state index >= 15 is 0 Å². The molecule has 0 atom stereocenters. The molecule has 0 saturated heterocycles. The Morgan fingerprint density at radius 3 is 2.63 bits per heavy atom. The zero-order valence-corrected chi connectivity index (χ0v) is 18.7. The summed E-state index contributed by atoms with van der Waals surface area (Å²) in [5.74, 6) is 0.0716. The number of nitrogens with one attached hydrogen (secondary N) is 2. The summed E-state index contributed by atoms with van der Waals surface area (Å²) in [6, 6.07) is 18.0. The first kappa shape index (κ1) is 20.3. The highest BCUT2D eigenvalue weighted by atomic mass is 127. The van der Waals surface area contributed by atoms with Crippen LogP contribution < -0.4 is 10.6 Å². The molecule has 1 amide bonds. The van der Waals surface area contributed by atoms with Gasteiger partial charge in [-0.2, -0.15) is 0 Å². The number of amides is 1. The van der Waals surface area contributed by atoms with Gasteiger partial charge in [-0.15, -0.1) is 0 Å². The van der Waals surface area contributed by atoms with Crippen LogP contribution in [0, 0.1) is 10.5 Å². The van der Waals surface area contributed by atoms with Crippen molar-refractivity contribution in [3.63, 3.8) is 0 Å². The van der Waals surface area contributed by atoms with Gasteiger partial charge in [0.15, 0.2) is 10.7 Å². The van der Waals surface area contributed by atoms with Crippen molar-refractivity contribution in [3.8, 4) is 17.2 Å². The number of nitrogens with zero attached hydrogens (tertiary/aromatic N) is 1. The first-order valence-corrected chi connectivity index (χ1v) is 10.5. The molecule has 0 aliphatic heterocycles. The van der Waals surface area contributed by atoms with Crippen molar-refractivity contribution in [2.75, 3.05) is 5.32 Å². The van der Waals surface area contributed by atoms with Crippen LogP contribution in [0.2, 0.25) is 0 Å². The summed E-state index contributed by atoms with van der Waals surface area (Å²) in [7, 11) is 0. The van der Waals surface area contributed by atoms with Gasteiger partial charge >= 0.3 is 0 Å². The maximum atomic E-state index is 12.5. The Labute approximate surface area is 191 Å². The molecule has 3 aromatic carbocycles. The number of para-hydroxylation sites is 2. The van der Waals surface area contributed by atoms with Crippen molar-refractivity contribution in [1.82, 2.24) is 10.3 Å². The summed E-state index contributed by atoms with van der Waals surface area (Å²) in [6.07, 6.45) is 0. The molecular weight excluding hydrogens is 513 g/mol. The van der Waals surface area contributed by atoms with Gasteiger partial charge in [0.05, 0.1) is 11.1 Å². The second-order valence-electron chi connectivity index (χ2n) is 6.56. The van der Waals surface area contributed by atoms with Crippen LogP contribution in [0.25, 0.3) is 22.6 Å². The molecule has 0 aliphatic rings. The number of phenolic OH excluding ortho intramolecular Hbond substituents is 1. The topological polar surface area (TPSA) is 87.4 Å². The summed E-state index contributed by atoms with van der Waals surface area (Å²) in [5.41, 5.74) is 3.50. The van der Waals surface area contributed by atoms with Crippen molar-refractivity contribution in [2.45, 2.75) is 6.92 Å². The van der Waals surface area contributed by atoms with Gasteiger partial charge < -0.3 is 14.8 Å². The number of aromatic nitrogens is 1. The first-order chi connectivity index (χ1) is 14.4. The van der Waals surface area contributed by atoms with Gasteiger partial charge in [-0.3, -0.25) is 10.1 Å². The third-order valence-corrected chi connectivity index (χ3v) is 5.57. The lowest BCUT2D eigenvalue weighted by Crippen LogP contribution is -2.34. The van der Waals surface area contributed by atoms with Gasteiger partial charge in [-0.1, -0.05) is 24.3 Å². The van der Waals surface area contributed by atoms with Gasteiger partial charge in [0.1, 0.15) is 11.3 Å². The average Bonchev–Trinajstić information content (AvgIpc) is 3.14. The lowest BCUT2D eigenvalue weighted by atomic mass is 10.1. The Morgan fingerprint density at radius 1 is 1.13 bits per heavy atom. The number of anilines is 1. The Bertz CT molecular complexity index is 1250. The number of phenols is 1. The summed E-state index contributed by atoms with van der Waals surface area (Å²) in [5, 5.41) is 16.3. The zero-order valence-electron chi connectivity index (χ0n) is 15.8. The molecule has 0 bridgehead atoms. The van der Waals surface area contributed by atoms with E-state index in [0.29, 0.717) is 39.4 Å². The van der Waals surface area contributed by atoms with Crippen molar-refractivity contribution >= 4 is 62.6 Å². The zero-order chi connectivity index (χ0) is 21.3. The van der Waals surface area contributed by atoms with Gasteiger partial charge in [0.25, 0.3) is 5.91 Å². The van der Waals surface area contributed by atoms with E-state index in [1.165, 1.54) is 0 Å².